The molecule has 1 aromatic carbocycles. The zero-order valence-corrected chi connectivity index (χ0v) is 14.2. The molecule has 0 unspecified atom stereocenters. The van der Waals surface area contributed by atoms with Crippen LogP contribution in [0.1, 0.15) is 22.1 Å². The molecule has 23 heavy (non-hydrogen) atoms. The molecule has 5 nitrogen and oxygen atoms in total. The Morgan fingerprint density at radius 2 is 2.17 bits per heavy atom. The molecule has 3 aromatic rings. The van der Waals surface area contributed by atoms with Gasteiger partial charge in [-0.25, -0.2) is 4.98 Å². The number of hydrogen-bond donors (Lipinski definition) is 1. The number of rotatable bonds is 6. The Morgan fingerprint density at radius 3 is 2.83 bits per heavy atom. The largest absolute Gasteiger partial charge is 0.342 e. The number of thiazole rings is 1. The van der Waals surface area contributed by atoms with E-state index in [4.69, 9.17) is 0 Å². The van der Waals surface area contributed by atoms with Gasteiger partial charge in [-0.3, -0.25) is 9.48 Å². The molecular weight excluding hydrogens is 328 g/mol. The fourth-order valence-electron chi connectivity index (χ4n) is 2.20. The third-order valence-electron chi connectivity index (χ3n) is 3.33. The second kappa shape index (κ2) is 7.43. The second-order valence-corrected chi connectivity index (χ2v) is 6.78. The van der Waals surface area contributed by atoms with Crippen molar-refractivity contribution in [2.24, 2.45) is 0 Å². The Balaban J connectivity index is 1.79. The van der Waals surface area contributed by atoms with Crippen molar-refractivity contribution in [2.45, 2.75) is 16.9 Å². The van der Waals surface area contributed by atoms with E-state index >= 15 is 0 Å². The maximum Gasteiger partial charge on any atom is 0.271 e. The molecule has 0 aliphatic heterocycles. The van der Waals surface area contributed by atoms with Gasteiger partial charge >= 0.3 is 0 Å². The third kappa shape index (κ3) is 4.00. The van der Waals surface area contributed by atoms with E-state index in [9.17, 15) is 4.79 Å². The summed E-state index contributed by atoms with van der Waals surface area (Å²) in [4.78, 5) is 16.8. The normalized spacial score (nSPS) is 12.0. The maximum absolute atomic E-state index is 12.5. The van der Waals surface area contributed by atoms with Crippen molar-refractivity contribution >= 4 is 29.0 Å². The lowest BCUT2D eigenvalue weighted by Gasteiger charge is -2.19. The van der Waals surface area contributed by atoms with E-state index in [1.165, 1.54) is 23.1 Å². The highest BCUT2D eigenvalue weighted by atomic mass is 32.2. The van der Waals surface area contributed by atoms with Crippen LogP contribution < -0.4 is 5.32 Å². The molecule has 1 atom stereocenters. The van der Waals surface area contributed by atoms with E-state index in [1.807, 2.05) is 53.5 Å². The van der Waals surface area contributed by atoms with Crippen LogP contribution in [-0.4, -0.2) is 26.9 Å². The van der Waals surface area contributed by atoms with Crippen LogP contribution in [-0.2, 0) is 6.54 Å². The number of hydrogen-bond acceptors (Lipinski definition) is 5. The minimum Gasteiger partial charge on any atom is -0.342 e. The van der Waals surface area contributed by atoms with Crippen molar-refractivity contribution in [2.75, 3.05) is 6.26 Å². The lowest BCUT2D eigenvalue weighted by molar-refractivity contribution is 0.0927. The standard InChI is InChI=1S/C16H16N4OS2/c1-22-16-19-14(11-23-16)15(21)18-13(10-20-9-5-8-17-20)12-6-3-2-4-7-12/h2-9,11,13H,10H2,1H3,(H,18,21)/t13-/m1/s1. The summed E-state index contributed by atoms with van der Waals surface area (Å²) in [6, 6.07) is 11.6. The van der Waals surface area contributed by atoms with Gasteiger partial charge in [-0.2, -0.15) is 5.10 Å². The summed E-state index contributed by atoms with van der Waals surface area (Å²) in [7, 11) is 0. The Labute approximate surface area is 142 Å². The van der Waals surface area contributed by atoms with Gasteiger partial charge in [0.1, 0.15) is 10.0 Å². The SMILES string of the molecule is CSc1nc(C(=O)N[C@H](Cn2cccn2)c2ccccc2)cs1. The topological polar surface area (TPSA) is 59.8 Å². The first kappa shape index (κ1) is 15.8. The monoisotopic (exact) mass is 344 g/mol. The molecule has 3 rings (SSSR count). The molecular formula is C16H16N4OS2. The van der Waals surface area contributed by atoms with Crippen LogP contribution in [0.2, 0.25) is 0 Å². The van der Waals surface area contributed by atoms with Crippen LogP contribution >= 0.6 is 23.1 Å². The van der Waals surface area contributed by atoms with Gasteiger partial charge in [0.05, 0.1) is 12.6 Å². The van der Waals surface area contributed by atoms with E-state index in [-0.39, 0.29) is 11.9 Å². The highest BCUT2D eigenvalue weighted by Gasteiger charge is 2.18. The third-order valence-corrected chi connectivity index (χ3v) is 5.19. The number of thioether (sulfide) groups is 1. The molecule has 0 saturated heterocycles. The lowest BCUT2D eigenvalue weighted by atomic mass is 10.1. The molecule has 7 heteroatoms. The number of carbonyl (C=O) groups excluding carboxylic acids is 1. The second-order valence-electron chi connectivity index (χ2n) is 4.87. The smallest absolute Gasteiger partial charge is 0.271 e. The van der Waals surface area contributed by atoms with E-state index in [0.717, 1.165) is 9.90 Å². The summed E-state index contributed by atoms with van der Waals surface area (Å²) >= 11 is 3.02. The van der Waals surface area contributed by atoms with E-state index in [0.29, 0.717) is 12.2 Å². The summed E-state index contributed by atoms with van der Waals surface area (Å²) in [6.45, 7) is 0.572. The summed E-state index contributed by atoms with van der Waals surface area (Å²) < 4.78 is 2.70. The fourth-order valence-corrected chi connectivity index (χ4v) is 3.44. The highest BCUT2D eigenvalue weighted by Crippen LogP contribution is 2.21. The van der Waals surface area contributed by atoms with Gasteiger partial charge in [0, 0.05) is 17.8 Å². The maximum atomic E-state index is 12.5. The number of benzene rings is 1. The molecule has 1 N–H and O–H groups in total. The van der Waals surface area contributed by atoms with Crippen LogP contribution in [0, 0.1) is 0 Å². The van der Waals surface area contributed by atoms with Gasteiger partial charge in [-0.15, -0.1) is 11.3 Å². The van der Waals surface area contributed by atoms with Crippen LogP contribution in [0.4, 0.5) is 0 Å². The molecule has 0 spiro atoms. The molecule has 1 amide bonds. The number of nitrogens with one attached hydrogen (secondary N) is 1. The van der Waals surface area contributed by atoms with Crippen LogP contribution in [0.3, 0.4) is 0 Å². The summed E-state index contributed by atoms with van der Waals surface area (Å²) in [5, 5.41) is 9.08. The molecule has 2 aromatic heterocycles. The Morgan fingerprint density at radius 1 is 1.35 bits per heavy atom. The number of carbonyl (C=O) groups is 1. The molecule has 0 aliphatic carbocycles. The molecule has 0 fully saturated rings. The summed E-state index contributed by atoms with van der Waals surface area (Å²) in [5.41, 5.74) is 1.50. The van der Waals surface area contributed by atoms with Gasteiger partial charge in [-0.1, -0.05) is 42.1 Å². The Kier molecular flexibility index (Phi) is 5.09. The van der Waals surface area contributed by atoms with Crippen LogP contribution in [0.15, 0.2) is 58.5 Å². The lowest BCUT2D eigenvalue weighted by Crippen LogP contribution is -2.31. The number of nitrogens with zero attached hydrogens (tertiary/aromatic N) is 3. The molecule has 0 saturated carbocycles. The number of amides is 1. The molecule has 0 bridgehead atoms. The van der Waals surface area contributed by atoms with Crippen molar-refractivity contribution in [3.63, 3.8) is 0 Å². The van der Waals surface area contributed by atoms with Crippen molar-refractivity contribution in [1.29, 1.82) is 0 Å². The highest BCUT2D eigenvalue weighted by molar-refractivity contribution is 8.00. The van der Waals surface area contributed by atoms with E-state index in [2.05, 4.69) is 15.4 Å². The molecule has 0 aliphatic rings. The van der Waals surface area contributed by atoms with Crippen molar-refractivity contribution in [3.8, 4) is 0 Å². The van der Waals surface area contributed by atoms with E-state index in [1.54, 1.807) is 11.6 Å². The van der Waals surface area contributed by atoms with Crippen LogP contribution in [0.25, 0.3) is 0 Å². The molecule has 2 heterocycles. The first-order valence-electron chi connectivity index (χ1n) is 7.09. The summed E-state index contributed by atoms with van der Waals surface area (Å²) in [5.74, 6) is -0.164. The van der Waals surface area contributed by atoms with Crippen molar-refractivity contribution in [1.82, 2.24) is 20.1 Å². The van der Waals surface area contributed by atoms with Gasteiger partial charge in [0.15, 0.2) is 0 Å². The van der Waals surface area contributed by atoms with Gasteiger partial charge in [-0.05, 0) is 17.9 Å². The zero-order chi connectivity index (χ0) is 16.1. The first-order chi connectivity index (χ1) is 11.3. The fraction of sp³-hybridized carbons (Fsp3) is 0.188. The van der Waals surface area contributed by atoms with Gasteiger partial charge in [0.2, 0.25) is 0 Å². The Bertz CT molecular complexity index is 756. The predicted molar refractivity (Wildman–Crippen MR) is 92.8 cm³/mol. The van der Waals surface area contributed by atoms with Crippen molar-refractivity contribution < 1.29 is 4.79 Å². The summed E-state index contributed by atoms with van der Waals surface area (Å²) in [6.07, 6.45) is 5.57. The average molecular weight is 344 g/mol. The minimum absolute atomic E-state index is 0.164. The van der Waals surface area contributed by atoms with Crippen molar-refractivity contribution in [3.05, 3.63) is 65.4 Å². The zero-order valence-electron chi connectivity index (χ0n) is 12.5. The quantitative estimate of drug-likeness (QED) is 0.698. The Hall–Kier alpha value is -2.12. The molecule has 0 radical (unpaired) electrons. The van der Waals surface area contributed by atoms with Gasteiger partial charge in [0.25, 0.3) is 5.91 Å². The van der Waals surface area contributed by atoms with Gasteiger partial charge < -0.3 is 5.32 Å². The first-order valence-corrected chi connectivity index (χ1v) is 9.19. The minimum atomic E-state index is -0.164. The van der Waals surface area contributed by atoms with E-state index < -0.39 is 0 Å². The van der Waals surface area contributed by atoms with Crippen LogP contribution in [0.5, 0.6) is 0 Å². The predicted octanol–water partition coefficient (Wildman–Crippen LogP) is 3.23. The molecule has 118 valence electrons. The number of aromatic nitrogens is 3. The average Bonchev–Trinajstić information content (AvgIpc) is 3.26.